The van der Waals surface area contributed by atoms with E-state index in [1.165, 1.54) is 30.4 Å². The molecule has 1 radical (unpaired) electrons. The summed E-state index contributed by atoms with van der Waals surface area (Å²) in [6, 6.07) is 22.3. The fourth-order valence-electron chi connectivity index (χ4n) is 4.30. The van der Waals surface area contributed by atoms with Gasteiger partial charge in [-0.25, -0.2) is 0 Å². The summed E-state index contributed by atoms with van der Waals surface area (Å²) in [6.45, 7) is 7.19. The van der Waals surface area contributed by atoms with Crippen molar-refractivity contribution in [2.75, 3.05) is 0 Å². The highest BCUT2D eigenvalue weighted by molar-refractivity contribution is 5.46. The third-order valence-electron chi connectivity index (χ3n) is 5.52. The van der Waals surface area contributed by atoms with E-state index in [1.54, 1.807) is 5.92 Å². The van der Waals surface area contributed by atoms with E-state index in [4.69, 9.17) is 0 Å². The summed E-state index contributed by atoms with van der Waals surface area (Å²) in [4.78, 5) is 0. The van der Waals surface area contributed by atoms with Crippen molar-refractivity contribution >= 4 is 0 Å². The molecule has 0 spiro atoms. The van der Waals surface area contributed by atoms with Crippen molar-refractivity contribution in [2.24, 2.45) is 11.8 Å². The first kappa shape index (κ1) is 15.3. The topological polar surface area (TPSA) is 0 Å². The first-order chi connectivity index (χ1) is 10.6. The van der Waals surface area contributed by atoms with Gasteiger partial charge in [0.15, 0.2) is 0 Å². The minimum atomic E-state index is 0.190. The van der Waals surface area contributed by atoms with Crippen molar-refractivity contribution in [2.45, 2.75) is 45.4 Å². The van der Waals surface area contributed by atoms with Gasteiger partial charge in [-0.1, -0.05) is 81.4 Å². The van der Waals surface area contributed by atoms with Gasteiger partial charge >= 0.3 is 0 Å². The zero-order valence-corrected chi connectivity index (χ0v) is 14.0. The van der Waals surface area contributed by atoms with Gasteiger partial charge in [-0.3, -0.25) is 0 Å². The third kappa shape index (κ3) is 2.60. The second kappa shape index (κ2) is 6.28. The lowest BCUT2D eigenvalue weighted by Crippen LogP contribution is -2.43. The smallest absolute Gasteiger partial charge is 0.0160 e. The van der Waals surface area contributed by atoms with Gasteiger partial charge in [-0.2, -0.15) is 0 Å². The molecule has 0 aliphatic heterocycles. The van der Waals surface area contributed by atoms with E-state index < -0.39 is 0 Å². The van der Waals surface area contributed by atoms with Crippen molar-refractivity contribution in [1.82, 2.24) is 0 Å². The minimum Gasteiger partial charge on any atom is -0.0625 e. The van der Waals surface area contributed by atoms with Crippen LogP contribution < -0.4 is 0 Å². The van der Waals surface area contributed by atoms with Crippen LogP contribution >= 0.6 is 0 Å². The van der Waals surface area contributed by atoms with Crippen LogP contribution in [0.1, 0.15) is 51.2 Å². The second-order valence-corrected chi connectivity index (χ2v) is 7.18. The van der Waals surface area contributed by atoms with Crippen LogP contribution in [-0.4, -0.2) is 0 Å². The molecule has 1 saturated carbocycles. The summed E-state index contributed by atoms with van der Waals surface area (Å²) in [5.74, 6) is 3.04. The molecule has 1 aliphatic rings. The van der Waals surface area contributed by atoms with Gasteiger partial charge in [0.2, 0.25) is 0 Å². The molecule has 0 aromatic heterocycles. The molecule has 1 aliphatic carbocycles. The molecule has 0 heterocycles. The highest BCUT2D eigenvalue weighted by Gasteiger charge is 2.46. The Bertz CT molecular complexity index is 584. The van der Waals surface area contributed by atoms with Gasteiger partial charge in [0, 0.05) is 11.3 Å². The van der Waals surface area contributed by atoms with E-state index in [9.17, 15) is 0 Å². The Morgan fingerprint density at radius 3 is 2.09 bits per heavy atom. The average Bonchev–Trinajstić information content (AvgIpc) is 2.56. The van der Waals surface area contributed by atoms with Gasteiger partial charge < -0.3 is 0 Å². The van der Waals surface area contributed by atoms with Gasteiger partial charge in [0.25, 0.3) is 0 Å². The SMILES string of the molecule is CC1CCC(c2ccccc2)(C(C)C)[C](c2ccccc2)C1. The maximum atomic E-state index is 2.40. The van der Waals surface area contributed by atoms with Crippen LogP contribution in [0.5, 0.6) is 0 Å². The quantitative estimate of drug-likeness (QED) is 0.648. The molecule has 115 valence electrons. The Morgan fingerprint density at radius 1 is 0.909 bits per heavy atom. The van der Waals surface area contributed by atoms with Crippen LogP contribution in [0.25, 0.3) is 0 Å². The summed E-state index contributed by atoms with van der Waals surface area (Å²) >= 11 is 0. The van der Waals surface area contributed by atoms with E-state index in [2.05, 4.69) is 81.4 Å². The Labute approximate surface area is 135 Å². The summed E-state index contributed by atoms with van der Waals surface area (Å²) in [5, 5.41) is 0. The molecule has 0 bridgehead atoms. The zero-order valence-electron chi connectivity index (χ0n) is 14.0. The summed E-state index contributed by atoms with van der Waals surface area (Å²) in [5.41, 5.74) is 3.12. The number of benzene rings is 2. The lowest BCUT2D eigenvalue weighted by atomic mass is 9.54. The molecular formula is C22H27. The van der Waals surface area contributed by atoms with Crippen molar-refractivity contribution in [3.8, 4) is 0 Å². The fraction of sp³-hybridized carbons (Fsp3) is 0.409. The molecule has 0 heteroatoms. The normalized spacial score (nSPS) is 26.3. The van der Waals surface area contributed by atoms with Crippen LogP contribution in [0.15, 0.2) is 60.7 Å². The van der Waals surface area contributed by atoms with Crippen LogP contribution in [0.4, 0.5) is 0 Å². The van der Waals surface area contributed by atoms with Crippen LogP contribution in [0, 0.1) is 17.8 Å². The highest BCUT2D eigenvalue weighted by Crippen LogP contribution is 2.54. The van der Waals surface area contributed by atoms with Crippen molar-refractivity contribution < 1.29 is 0 Å². The molecule has 0 N–H and O–H groups in total. The van der Waals surface area contributed by atoms with Gasteiger partial charge in [-0.05, 0) is 42.2 Å². The first-order valence-electron chi connectivity index (χ1n) is 8.62. The standard InChI is InChI=1S/C22H27/c1-17(2)22(20-12-8-5-9-13-20)15-14-18(3)16-21(22)19-10-6-4-7-11-19/h4-13,17-18H,14-16H2,1-3H3. The Morgan fingerprint density at radius 2 is 1.50 bits per heavy atom. The van der Waals surface area contributed by atoms with Crippen molar-refractivity contribution in [3.63, 3.8) is 0 Å². The number of hydrogen-bond acceptors (Lipinski definition) is 0. The van der Waals surface area contributed by atoms with E-state index in [0.29, 0.717) is 5.92 Å². The van der Waals surface area contributed by atoms with Crippen molar-refractivity contribution in [1.29, 1.82) is 0 Å². The molecule has 0 amide bonds. The monoisotopic (exact) mass is 291 g/mol. The number of hydrogen-bond donors (Lipinski definition) is 0. The highest BCUT2D eigenvalue weighted by atomic mass is 14.5. The molecule has 0 saturated heterocycles. The lowest BCUT2D eigenvalue weighted by Gasteiger charge is -2.49. The van der Waals surface area contributed by atoms with E-state index in [-0.39, 0.29) is 5.41 Å². The third-order valence-corrected chi connectivity index (χ3v) is 5.52. The predicted octanol–water partition coefficient (Wildman–Crippen LogP) is 6.02. The van der Waals surface area contributed by atoms with Gasteiger partial charge in [0.1, 0.15) is 0 Å². The van der Waals surface area contributed by atoms with E-state index >= 15 is 0 Å². The molecule has 2 aromatic carbocycles. The van der Waals surface area contributed by atoms with E-state index in [1.807, 2.05) is 0 Å². The molecule has 2 unspecified atom stereocenters. The summed E-state index contributed by atoms with van der Waals surface area (Å²) in [7, 11) is 0. The molecule has 2 aromatic rings. The van der Waals surface area contributed by atoms with Gasteiger partial charge in [0.05, 0.1) is 0 Å². The largest absolute Gasteiger partial charge is 0.0625 e. The molecular weight excluding hydrogens is 264 g/mol. The van der Waals surface area contributed by atoms with Crippen LogP contribution in [0.3, 0.4) is 0 Å². The first-order valence-corrected chi connectivity index (χ1v) is 8.62. The number of rotatable bonds is 3. The van der Waals surface area contributed by atoms with Gasteiger partial charge in [-0.15, -0.1) is 0 Å². The average molecular weight is 291 g/mol. The van der Waals surface area contributed by atoms with Crippen molar-refractivity contribution in [3.05, 3.63) is 77.7 Å². The molecule has 2 atom stereocenters. The lowest BCUT2D eigenvalue weighted by molar-refractivity contribution is 0.221. The van der Waals surface area contributed by atoms with E-state index in [0.717, 1.165) is 5.92 Å². The second-order valence-electron chi connectivity index (χ2n) is 7.18. The molecule has 0 nitrogen and oxygen atoms in total. The van der Waals surface area contributed by atoms with Crippen LogP contribution in [-0.2, 0) is 5.41 Å². The summed E-state index contributed by atoms with van der Waals surface area (Å²) in [6.07, 6.45) is 3.81. The Hall–Kier alpha value is -1.56. The maximum absolute atomic E-state index is 2.40. The Balaban J connectivity index is 2.13. The summed E-state index contributed by atoms with van der Waals surface area (Å²) < 4.78 is 0. The molecule has 22 heavy (non-hydrogen) atoms. The van der Waals surface area contributed by atoms with Crippen LogP contribution in [0.2, 0.25) is 0 Å². The Kier molecular flexibility index (Phi) is 4.38. The fourth-order valence-corrected chi connectivity index (χ4v) is 4.30. The zero-order chi connectivity index (χ0) is 15.6. The minimum absolute atomic E-state index is 0.190. The molecule has 3 rings (SSSR count). The maximum Gasteiger partial charge on any atom is 0.0160 e. The molecule has 1 fully saturated rings. The predicted molar refractivity (Wildman–Crippen MR) is 94.8 cm³/mol.